The zero-order chi connectivity index (χ0) is 7.61. The Morgan fingerprint density at radius 3 is 2.50 bits per heavy atom. The van der Waals surface area contributed by atoms with Crippen molar-refractivity contribution in [2.45, 2.75) is 30.9 Å². The van der Waals surface area contributed by atoms with Crippen LogP contribution in [0.2, 0.25) is 0 Å². The van der Waals surface area contributed by atoms with Crippen LogP contribution in [0.4, 0.5) is 0 Å². The molecule has 0 aromatic heterocycles. The highest BCUT2D eigenvalue weighted by molar-refractivity contribution is 8.77. The molecule has 10 heavy (non-hydrogen) atoms. The molecule has 0 radical (unpaired) electrons. The molecule has 0 nitrogen and oxygen atoms in total. The quantitative estimate of drug-likeness (QED) is 0.472. The summed E-state index contributed by atoms with van der Waals surface area (Å²) in [4.78, 5) is 0. The molecular formula is C8H14S2. The van der Waals surface area contributed by atoms with Crippen LogP contribution in [0.25, 0.3) is 0 Å². The summed E-state index contributed by atoms with van der Waals surface area (Å²) in [5.74, 6) is 0. The molecule has 1 fully saturated rings. The fraction of sp³-hybridized carbons (Fsp3) is 0.750. The summed E-state index contributed by atoms with van der Waals surface area (Å²) in [7, 11) is 3.87. The summed E-state index contributed by atoms with van der Waals surface area (Å²) < 4.78 is 0.494. The second kappa shape index (κ2) is 3.22. The molecule has 0 unspecified atom stereocenters. The molecule has 0 aromatic rings. The van der Waals surface area contributed by atoms with Crippen molar-refractivity contribution in [3.8, 4) is 0 Å². The second-order valence-electron chi connectivity index (χ2n) is 2.70. The van der Waals surface area contributed by atoms with E-state index < -0.39 is 0 Å². The number of rotatable bonds is 4. The minimum absolute atomic E-state index is 0.494. The maximum absolute atomic E-state index is 4.09. The molecule has 0 saturated heterocycles. The lowest BCUT2D eigenvalue weighted by atomic mass is 10.1. The molecule has 0 aliphatic heterocycles. The van der Waals surface area contributed by atoms with E-state index in [1.807, 2.05) is 21.6 Å². The summed E-state index contributed by atoms with van der Waals surface area (Å²) in [6.07, 6.45) is 6.00. The molecular weight excluding hydrogens is 160 g/mol. The van der Waals surface area contributed by atoms with Crippen molar-refractivity contribution in [1.82, 2.24) is 0 Å². The van der Waals surface area contributed by atoms with Crippen molar-refractivity contribution in [3.63, 3.8) is 0 Å². The van der Waals surface area contributed by atoms with Gasteiger partial charge in [-0.05, 0) is 25.5 Å². The summed E-state index contributed by atoms with van der Waals surface area (Å²) in [5.41, 5.74) is 1.44. The Morgan fingerprint density at radius 2 is 2.20 bits per heavy atom. The van der Waals surface area contributed by atoms with Gasteiger partial charge >= 0.3 is 0 Å². The fourth-order valence-electron chi connectivity index (χ4n) is 1.09. The highest BCUT2D eigenvalue weighted by atomic mass is 33.1. The average Bonchev–Trinajstić information content (AvgIpc) is 2.69. The monoisotopic (exact) mass is 174 g/mol. The van der Waals surface area contributed by atoms with Crippen molar-refractivity contribution in [1.29, 1.82) is 0 Å². The maximum atomic E-state index is 4.09. The Bertz CT molecular complexity index is 136. The van der Waals surface area contributed by atoms with Gasteiger partial charge in [0, 0.05) is 4.75 Å². The summed E-state index contributed by atoms with van der Waals surface area (Å²) in [5, 5.41) is 0. The molecule has 0 atom stereocenters. The predicted molar refractivity (Wildman–Crippen MR) is 52.5 cm³/mol. The molecule has 1 saturated carbocycles. The molecule has 0 N–H and O–H groups in total. The van der Waals surface area contributed by atoms with E-state index in [4.69, 9.17) is 0 Å². The smallest absolute Gasteiger partial charge is 0.0470 e. The zero-order valence-corrected chi connectivity index (χ0v) is 8.28. The van der Waals surface area contributed by atoms with Gasteiger partial charge in [0.2, 0.25) is 0 Å². The molecule has 1 rings (SSSR count). The van der Waals surface area contributed by atoms with Gasteiger partial charge in [-0.15, -0.1) is 0 Å². The first-order chi connectivity index (χ1) is 4.75. The Morgan fingerprint density at radius 1 is 1.60 bits per heavy atom. The minimum Gasteiger partial charge on any atom is -0.0984 e. The van der Waals surface area contributed by atoms with Crippen LogP contribution in [-0.2, 0) is 0 Å². The summed E-state index contributed by atoms with van der Waals surface area (Å²) >= 11 is 0. The number of hydrogen-bond donors (Lipinski definition) is 0. The van der Waals surface area contributed by atoms with E-state index in [1.54, 1.807) is 0 Å². The van der Waals surface area contributed by atoms with Crippen molar-refractivity contribution in [2.24, 2.45) is 0 Å². The van der Waals surface area contributed by atoms with Crippen LogP contribution in [0.3, 0.4) is 0 Å². The van der Waals surface area contributed by atoms with E-state index in [-0.39, 0.29) is 0 Å². The van der Waals surface area contributed by atoms with Crippen molar-refractivity contribution in [2.75, 3.05) is 6.26 Å². The third kappa shape index (κ3) is 1.54. The van der Waals surface area contributed by atoms with E-state index in [0.29, 0.717) is 4.75 Å². The van der Waals surface area contributed by atoms with Gasteiger partial charge in [-0.1, -0.05) is 40.7 Å². The van der Waals surface area contributed by atoms with Crippen LogP contribution >= 0.6 is 21.6 Å². The van der Waals surface area contributed by atoms with Crippen LogP contribution in [-0.4, -0.2) is 11.0 Å². The maximum Gasteiger partial charge on any atom is 0.0470 e. The Hall–Kier alpha value is 0.440. The molecule has 0 aromatic carbocycles. The SMILES string of the molecule is C=C(CC)C1(SSC)CC1. The average molecular weight is 174 g/mol. The van der Waals surface area contributed by atoms with Gasteiger partial charge in [0.1, 0.15) is 0 Å². The molecule has 1 aliphatic carbocycles. The van der Waals surface area contributed by atoms with E-state index in [1.165, 1.54) is 18.4 Å². The van der Waals surface area contributed by atoms with E-state index in [2.05, 4.69) is 19.8 Å². The molecule has 0 bridgehead atoms. The first-order valence-electron chi connectivity index (χ1n) is 3.65. The third-order valence-electron chi connectivity index (χ3n) is 2.02. The highest BCUT2D eigenvalue weighted by Crippen LogP contribution is 2.57. The Kier molecular flexibility index (Phi) is 2.75. The van der Waals surface area contributed by atoms with Gasteiger partial charge in [-0.2, -0.15) is 0 Å². The van der Waals surface area contributed by atoms with E-state index >= 15 is 0 Å². The van der Waals surface area contributed by atoms with Crippen LogP contribution in [0.5, 0.6) is 0 Å². The normalized spacial score (nSPS) is 20.6. The molecule has 0 spiro atoms. The highest BCUT2D eigenvalue weighted by Gasteiger charge is 2.44. The lowest BCUT2D eigenvalue weighted by Gasteiger charge is -2.13. The Balaban J connectivity index is 2.43. The zero-order valence-electron chi connectivity index (χ0n) is 6.64. The van der Waals surface area contributed by atoms with E-state index in [0.717, 1.165) is 6.42 Å². The van der Waals surface area contributed by atoms with Crippen LogP contribution in [0.1, 0.15) is 26.2 Å². The number of hydrogen-bond acceptors (Lipinski definition) is 2. The first kappa shape index (κ1) is 8.54. The molecule has 2 heteroatoms. The lowest BCUT2D eigenvalue weighted by molar-refractivity contribution is 0.968. The van der Waals surface area contributed by atoms with Crippen LogP contribution in [0.15, 0.2) is 12.2 Å². The summed E-state index contributed by atoms with van der Waals surface area (Å²) in [6.45, 7) is 6.29. The van der Waals surface area contributed by atoms with Crippen LogP contribution in [0, 0.1) is 0 Å². The molecule has 58 valence electrons. The van der Waals surface area contributed by atoms with Gasteiger partial charge in [0.25, 0.3) is 0 Å². The van der Waals surface area contributed by atoms with Crippen LogP contribution < -0.4 is 0 Å². The van der Waals surface area contributed by atoms with Gasteiger partial charge in [-0.3, -0.25) is 0 Å². The molecule has 0 heterocycles. The van der Waals surface area contributed by atoms with Gasteiger partial charge in [0.15, 0.2) is 0 Å². The van der Waals surface area contributed by atoms with Gasteiger partial charge < -0.3 is 0 Å². The molecule has 1 aliphatic rings. The second-order valence-corrected chi connectivity index (χ2v) is 5.48. The molecule has 0 amide bonds. The Labute approximate surface area is 71.2 Å². The van der Waals surface area contributed by atoms with Gasteiger partial charge in [0.05, 0.1) is 0 Å². The van der Waals surface area contributed by atoms with Crippen molar-refractivity contribution in [3.05, 3.63) is 12.2 Å². The van der Waals surface area contributed by atoms with E-state index in [9.17, 15) is 0 Å². The van der Waals surface area contributed by atoms with Crippen molar-refractivity contribution < 1.29 is 0 Å². The van der Waals surface area contributed by atoms with Gasteiger partial charge in [-0.25, -0.2) is 0 Å². The summed E-state index contributed by atoms with van der Waals surface area (Å²) in [6, 6.07) is 0. The lowest BCUT2D eigenvalue weighted by Crippen LogP contribution is -2.02. The minimum atomic E-state index is 0.494. The topological polar surface area (TPSA) is 0 Å². The largest absolute Gasteiger partial charge is 0.0984 e. The standard InChI is InChI=1S/C8H14S2/c1-4-7(2)8(5-6-8)10-9-3/h2,4-6H2,1,3H3. The fourth-order valence-corrected chi connectivity index (χ4v) is 3.75. The third-order valence-corrected chi connectivity index (χ3v) is 4.66. The first-order valence-corrected chi connectivity index (χ1v) is 6.21. The predicted octanol–water partition coefficient (Wildman–Crippen LogP) is 3.50. The van der Waals surface area contributed by atoms with Crippen molar-refractivity contribution >= 4 is 21.6 Å².